The summed E-state index contributed by atoms with van der Waals surface area (Å²) in [5, 5.41) is 0. The number of rotatable bonds is 6. The summed E-state index contributed by atoms with van der Waals surface area (Å²) in [5.41, 5.74) is 6.58. The molecule has 2 N–H and O–H groups in total. The van der Waals surface area contributed by atoms with E-state index in [4.69, 9.17) is 4.74 Å². The number of nitrogens with one attached hydrogen (secondary N) is 2. The molecule has 2 saturated carbocycles. The minimum absolute atomic E-state index is 0.147. The molecule has 0 radical (unpaired) electrons. The molecule has 1 saturated heterocycles. The summed E-state index contributed by atoms with van der Waals surface area (Å²) >= 11 is 3.28. The summed E-state index contributed by atoms with van der Waals surface area (Å²) in [6, 6.07) is 22.7. The Morgan fingerprint density at radius 2 is 1.46 bits per heavy atom. The highest BCUT2D eigenvalue weighted by Gasteiger charge is 2.64. The summed E-state index contributed by atoms with van der Waals surface area (Å²) in [6.45, 7) is -0.612. The Labute approximate surface area is 244 Å². The molecule has 9 nitrogen and oxygen atoms in total. The number of anilines is 1. The third-order valence-electron chi connectivity index (χ3n) is 8.36. The number of halogens is 1. The molecule has 2 aliphatic carbocycles. The number of hydrazine groups is 1. The van der Waals surface area contributed by atoms with Gasteiger partial charge in [0.25, 0.3) is 11.8 Å². The van der Waals surface area contributed by atoms with Gasteiger partial charge in [0.1, 0.15) is 0 Å². The number of nitrogens with zero attached hydrogens (tertiary/aromatic N) is 1. The van der Waals surface area contributed by atoms with Crippen LogP contribution in [-0.4, -0.2) is 36.2 Å². The topological polar surface area (TPSA) is 122 Å². The van der Waals surface area contributed by atoms with E-state index < -0.39 is 24.4 Å². The molecule has 1 aliphatic heterocycles. The molecule has 3 fully saturated rings. The normalized spacial score (nSPS) is 24.2. The lowest BCUT2D eigenvalue weighted by molar-refractivity contribution is -0.125. The number of carbonyl (C=O) groups excluding carboxylic acids is 5. The fraction of sp³-hybridized carbons (Fsp3) is 0.258. The van der Waals surface area contributed by atoms with Crippen molar-refractivity contribution in [1.82, 2.24) is 10.9 Å². The molecule has 3 aromatic carbocycles. The number of imide groups is 1. The van der Waals surface area contributed by atoms with Gasteiger partial charge < -0.3 is 4.74 Å². The van der Waals surface area contributed by atoms with Gasteiger partial charge in [-0.3, -0.25) is 34.9 Å². The lowest BCUT2D eigenvalue weighted by atomic mass is 9.73. The average molecular weight is 616 g/mol. The number of ether oxygens (including phenoxy) is 1. The standard InChI is InChI=1S/C31H26BrN3O6/c32-21-10-6-18(7-11-21)28(37)34-33-25(36)16-41-31(40)19-8-12-22(13-9-19)35-29(38)26-20-14-23(17-4-2-1-3-5-17)24(15-20)27(26)30(35)39/h1-13,20,23-24,26-27H,14-16H2,(H,33,36)(H,34,37)/t20-,23+,24+,26+,27+/m0/s1. The maximum atomic E-state index is 13.5. The Kier molecular flexibility index (Phi) is 7.17. The number of benzene rings is 3. The predicted molar refractivity (Wildman–Crippen MR) is 151 cm³/mol. The summed E-state index contributed by atoms with van der Waals surface area (Å²) in [5.74, 6) is -2.34. The Morgan fingerprint density at radius 1 is 0.805 bits per heavy atom. The van der Waals surface area contributed by atoms with Crippen LogP contribution < -0.4 is 15.8 Å². The highest BCUT2D eigenvalue weighted by molar-refractivity contribution is 9.10. The lowest BCUT2D eigenvalue weighted by Crippen LogP contribution is -2.43. The highest BCUT2D eigenvalue weighted by atomic mass is 79.9. The Hall–Kier alpha value is -4.31. The molecule has 5 atom stereocenters. The van der Waals surface area contributed by atoms with Crippen LogP contribution in [0.3, 0.4) is 0 Å². The second-order valence-corrected chi connectivity index (χ2v) is 11.5. The van der Waals surface area contributed by atoms with Crippen molar-refractivity contribution in [3.63, 3.8) is 0 Å². The third kappa shape index (κ3) is 5.04. The van der Waals surface area contributed by atoms with Crippen LogP contribution in [-0.2, 0) is 19.1 Å². The van der Waals surface area contributed by atoms with E-state index in [1.807, 2.05) is 18.2 Å². The highest BCUT2D eigenvalue weighted by Crippen LogP contribution is 2.61. The van der Waals surface area contributed by atoms with Crippen LogP contribution in [0.4, 0.5) is 5.69 Å². The summed E-state index contributed by atoms with van der Waals surface area (Å²) in [7, 11) is 0. The van der Waals surface area contributed by atoms with E-state index in [9.17, 15) is 24.0 Å². The zero-order valence-corrected chi connectivity index (χ0v) is 23.4. The van der Waals surface area contributed by atoms with Gasteiger partial charge in [0.2, 0.25) is 11.8 Å². The summed E-state index contributed by atoms with van der Waals surface area (Å²) < 4.78 is 5.85. The molecule has 3 aliphatic rings. The SMILES string of the molecule is O=C(COC(=O)c1ccc(N2C(=O)[C@@H]3[C@@H]4C[C@@H]([C@H]3C2=O)[C@@H](c2ccccc2)C4)cc1)NNC(=O)c1ccc(Br)cc1. The van der Waals surface area contributed by atoms with Crippen molar-refractivity contribution in [1.29, 1.82) is 0 Å². The zero-order valence-electron chi connectivity index (χ0n) is 21.8. The molecule has 208 valence electrons. The van der Waals surface area contributed by atoms with Crippen LogP contribution in [0.1, 0.15) is 45.0 Å². The van der Waals surface area contributed by atoms with E-state index in [2.05, 4.69) is 38.9 Å². The second-order valence-electron chi connectivity index (χ2n) is 10.6. The molecular weight excluding hydrogens is 590 g/mol. The van der Waals surface area contributed by atoms with Crippen molar-refractivity contribution < 1.29 is 28.7 Å². The van der Waals surface area contributed by atoms with Crippen molar-refractivity contribution in [3.05, 3.63) is 100 Å². The quantitative estimate of drug-likeness (QED) is 0.246. The van der Waals surface area contributed by atoms with Gasteiger partial charge >= 0.3 is 5.97 Å². The molecule has 4 amide bonds. The van der Waals surface area contributed by atoms with E-state index in [0.29, 0.717) is 11.3 Å². The number of amides is 4. The van der Waals surface area contributed by atoms with E-state index in [-0.39, 0.29) is 47.0 Å². The summed E-state index contributed by atoms with van der Waals surface area (Å²) in [6.07, 6.45) is 1.81. The maximum absolute atomic E-state index is 13.5. The maximum Gasteiger partial charge on any atom is 0.338 e. The third-order valence-corrected chi connectivity index (χ3v) is 8.89. The Balaban J connectivity index is 1.04. The molecular formula is C31H26BrN3O6. The number of carbonyl (C=O) groups is 5. The van der Waals surface area contributed by atoms with E-state index in [1.165, 1.54) is 22.6 Å². The molecule has 41 heavy (non-hydrogen) atoms. The van der Waals surface area contributed by atoms with Crippen molar-refractivity contribution in [2.75, 3.05) is 11.5 Å². The molecule has 2 bridgehead atoms. The lowest BCUT2D eigenvalue weighted by Gasteiger charge is -2.28. The first-order valence-corrected chi connectivity index (χ1v) is 14.2. The van der Waals surface area contributed by atoms with E-state index in [0.717, 1.165) is 17.3 Å². The van der Waals surface area contributed by atoms with Crippen molar-refractivity contribution in [2.24, 2.45) is 23.7 Å². The van der Waals surface area contributed by atoms with Crippen LogP contribution in [0, 0.1) is 23.7 Å². The molecule has 1 heterocycles. The number of hydrogen-bond acceptors (Lipinski definition) is 6. The minimum atomic E-state index is -0.759. The van der Waals surface area contributed by atoms with Crippen LogP contribution in [0.25, 0.3) is 0 Å². The fourth-order valence-corrected chi connectivity index (χ4v) is 6.86. The van der Waals surface area contributed by atoms with Crippen LogP contribution in [0.15, 0.2) is 83.3 Å². The molecule has 3 aromatic rings. The van der Waals surface area contributed by atoms with Crippen LogP contribution >= 0.6 is 15.9 Å². The first-order chi connectivity index (χ1) is 19.8. The van der Waals surface area contributed by atoms with Gasteiger partial charge in [-0.1, -0.05) is 46.3 Å². The van der Waals surface area contributed by atoms with Crippen molar-refractivity contribution >= 4 is 51.2 Å². The first-order valence-electron chi connectivity index (χ1n) is 13.4. The number of esters is 1. The van der Waals surface area contributed by atoms with Gasteiger partial charge in [-0.05, 0) is 84.7 Å². The molecule has 10 heteroatoms. The number of fused-ring (bicyclic) bond motifs is 5. The van der Waals surface area contributed by atoms with Crippen molar-refractivity contribution in [2.45, 2.75) is 18.8 Å². The molecule has 0 unspecified atom stereocenters. The van der Waals surface area contributed by atoms with Gasteiger partial charge in [-0.2, -0.15) is 0 Å². The average Bonchev–Trinajstić information content (AvgIpc) is 3.66. The van der Waals surface area contributed by atoms with Crippen LogP contribution in [0.5, 0.6) is 0 Å². The fourth-order valence-electron chi connectivity index (χ4n) is 6.59. The predicted octanol–water partition coefficient (Wildman–Crippen LogP) is 4.00. The van der Waals surface area contributed by atoms with Gasteiger partial charge in [0.15, 0.2) is 6.61 Å². The monoisotopic (exact) mass is 615 g/mol. The minimum Gasteiger partial charge on any atom is -0.452 e. The molecule has 6 rings (SSSR count). The van der Waals surface area contributed by atoms with Crippen molar-refractivity contribution in [3.8, 4) is 0 Å². The smallest absolute Gasteiger partial charge is 0.338 e. The van der Waals surface area contributed by atoms with E-state index in [1.54, 1.807) is 36.4 Å². The second kappa shape index (κ2) is 10.9. The Morgan fingerprint density at radius 3 is 2.17 bits per heavy atom. The van der Waals surface area contributed by atoms with Gasteiger partial charge in [0, 0.05) is 10.0 Å². The van der Waals surface area contributed by atoms with Crippen LogP contribution in [0.2, 0.25) is 0 Å². The molecule has 0 aromatic heterocycles. The Bertz CT molecular complexity index is 1530. The van der Waals surface area contributed by atoms with E-state index >= 15 is 0 Å². The zero-order chi connectivity index (χ0) is 28.7. The van der Waals surface area contributed by atoms with Gasteiger partial charge in [0.05, 0.1) is 23.1 Å². The first kappa shape index (κ1) is 26.9. The number of hydrogen-bond donors (Lipinski definition) is 2. The molecule has 0 spiro atoms. The van der Waals surface area contributed by atoms with Gasteiger partial charge in [-0.25, -0.2) is 4.79 Å². The van der Waals surface area contributed by atoms with Gasteiger partial charge in [-0.15, -0.1) is 0 Å². The summed E-state index contributed by atoms with van der Waals surface area (Å²) in [4.78, 5) is 64.8. The largest absolute Gasteiger partial charge is 0.452 e.